The highest BCUT2D eigenvalue weighted by Crippen LogP contribution is 2.28. The quantitative estimate of drug-likeness (QED) is 0.495. The van der Waals surface area contributed by atoms with Crippen LogP contribution in [0.15, 0.2) is 77.8 Å². The van der Waals surface area contributed by atoms with Crippen molar-refractivity contribution in [1.82, 2.24) is 14.8 Å². The highest BCUT2D eigenvalue weighted by atomic mass is 32.2. The van der Waals surface area contributed by atoms with Crippen LogP contribution in [-0.2, 0) is 21.3 Å². The van der Waals surface area contributed by atoms with Crippen LogP contribution in [-0.4, -0.2) is 75.1 Å². The van der Waals surface area contributed by atoms with Gasteiger partial charge in [0, 0.05) is 52.1 Å². The fourth-order valence-electron chi connectivity index (χ4n) is 4.64. The van der Waals surface area contributed by atoms with Crippen LogP contribution in [0, 0.1) is 5.92 Å². The first-order valence-electron chi connectivity index (χ1n) is 12.9. The van der Waals surface area contributed by atoms with Crippen molar-refractivity contribution in [2.24, 2.45) is 5.92 Å². The van der Waals surface area contributed by atoms with Crippen molar-refractivity contribution in [3.8, 4) is 5.75 Å². The molecule has 2 heterocycles. The molecule has 0 radical (unpaired) electrons. The van der Waals surface area contributed by atoms with E-state index in [9.17, 15) is 13.2 Å². The number of ether oxygens (including phenoxy) is 2. The van der Waals surface area contributed by atoms with Gasteiger partial charge in [-0.2, -0.15) is 0 Å². The van der Waals surface area contributed by atoms with Crippen molar-refractivity contribution in [1.29, 1.82) is 0 Å². The molecule has 0 fully saturated rings. The van der Waals surface area contributed by atoms with Crippen molar-refractivity contribution in [3.05, 3.63) is 84.2 Å². The number of pyridine rings is 1. The first kappa shape index (κ1) is 28.5. The molecule has 9 nitrogen and oxygen atoms in total. The van der Waals surface area contributed by atoms with E-state index in [1.165, 1.54) is 12.1 Å². The Balaban J connectivity index is 1.66. The number of likely N-dealkylation sites (N-methyl/N-ethyl adjacent to an activating group) is 1. The van der Waals surface area contributed by atoms with Crippen molar-refractivity contribution < 1.29 is 22.7 Å². The van der Waals surface area contributed by atoms with Crippen LogP contribution in [0.1, 0.15) is 29.9 Å². The van der Waals surface area contributed by atoms with E-state index in [4.69, 9.17) is 9.47 Å². The van der Waals surface area contributed by atoms with Crippen molar-refractivity contribution >= 4 is 21.6 Å². The molecule has 208 valence electrons. The van der Waals surface area contributed by atoms with Crippen LogP contribution in [0.4, 0.5) is 5.69 Å². The molecule has 1 aliphatic rings. The lowest BCUT2D eigenvalue weighted by Gasteiger charge is -2.35. The number of anilines is 1. The third-order valence-electron chi connectivity index (χ3n) is 6.97. The number of nitrogens with zero attached hydrogens (tertiary/aromatic N) is 3. The monoisotopic (exact) mass is 552 g/mol. The second kappa shape index (κ2) is 12.6. The minimum Gasteiger partial charge on any atom is -0.491 e. The number of fused-ring (bicyclic) bond motifs is 1. The molecule has 1 aromatic heterocycles. The van der Waals surface area contributed by atoms with Gasteiger partial charge in [0.15, 0.2) is 0 Å². The molecule has 0 bridgehead atoms. The second-order valence-electron chi connectivity index (χ2n) is 9.98. The number of sulfonamides is 1. The Morgan fingerprint density at radius 1 is 1.05 bits per heavy atom. The molecule has 10 heteroatoms. The molecule has 0 saturated carbocycles. The molecule has 2 aromatic carbocycles. The first-order valence-corrected chi connectivity index (χ1v) is 14.4. The summed E-state index contributed by atoms with van der Waals surface area (Å²) in [6.07, 6.45) is 1.60. The summed E-state index contributed by atoms with van der Waals surface area (Å²) >= 11 is 0. The Labute approximate surface area is 230 Å². The molecule has 1 amide bonds. The molecule has 4 rings (SSSR count). The van der Waals surface area contributed by atoms with Gasteiger partial charge in [0.1, 0.15) is 12.4 Å². The number of aromatic nitrogens is 1. The number of hydrogen-bond acceptors (Lipinski definition) is 7. The average molecular weight is 553 g/mol. The molecule has 0 aliphatic carbocycles. The topological polar surface area (TPSA) is 101 Å². The maximum absolute atomic E-state index is 13.5. The van der Waals surface area contributed by atoms with Gasteiger partial charge in [-0.3, -0.25) is 19.4 Å². The van der Waals surface area contributed by atoms with E-state index >= 15 is 0 Å². The van der Waals surface area contributed by atoms with Gasteiger partial charge in [-0.25, -0.2) is 8.42 Å². The zero-order chi connectivity index (χ0) is 28.0. The maximum atomic E-state index is 13.5. The molecule has 0 saturated heterocycles. The zero-order valence-corrected chi connectivity index (χ0v) is 23.6. The number of benzene rings is 2. The van der Waals surface area contributed by atoms with Crippen LogP contribution in [0.25, 0.3) is 0 Å². The summed E-state index contributed by atoms with van der Waals surface area (Å²) in [6.45, 7) is 6.21. The predicted molar refractivity (Wildman–Crippen MR) is 150 cm³/mol. The summed E-state index contributed by atoms with van der Waals surface area (Å²) in [7, 11) is -0.408. The summed E-state index contributed by atoms with van der Waals surface area (Å²) in [5.74, 6) is 0.215. The molecule has 1 aliphatic heterocycles. The van der Waals surface area contributed by atoms with E-state index < -0.39 is 10.0 Å². The van der Waals surface area contributed by atoms with Gasteiger partial charge in [-0.05, 0) is 49.2 Å². The number of carbonyl (C=O) groups is 1. The highest BCUT2D eigenvalue weighted by molar-refractivity contribution is 7.92. The van der Waals surface area contributed by atoms with Crippen molar-refractivity contribution in [3.63, 3.8) is 0 Å². The fourth-order valence-corrected chi connectivity index (χ4v) is 5.71. The third-order valence-corrected chi connectivity index (χ3v) is 8.37. The first-order chi connectivity index (χ1) is 18.7. The normalized spacial score (nSPS) is 21.3. The number of hydrogen-bond donors (Lipinski definition) is 1. The Kier molecular flexibility index (Phi) is 9.21. The van der Waals surface area contributed by atoms with Crippen molar-refractivity contribution in [2.45, 2.75) is 37.4 Å². The van der Waals surface area contributed by atoms with Gasteiger partial charge < -0.3 is 14.4 Å². The average Bonchev–Trinajstić information content (AvgIpc) is 2.94. The minimum atomic E-state index is -3.81. The van der Waals surface area contributed by atoms with Crippen LogP contribution < -0.4 is 9.46 Å². The van der Waals surface area contributed by atoms with E-state index in [1.807, 2.05) is 18.2 Å². The fraction of sp³-hybridized carbons (Fsp3) is 0.379. The van der Waals surface area contributed by atoms with E-state index in [2.05, 4.69) is 28.5 Å². The minimum absolute atomic E-state index is 0.0308. The van der Waals surface area contributed by atoms with Crippen LogP contribution in [0.2, 0.25) is 0 Å². The van der Waals surface area contributed by atoms with E-state index in [0.29, 0.717) is 36.6 Å². The lowest BCUT2D eigenvalue weighted by molar-refractivity contribution is 0.00901. The van der Waals surface area contributed by atoms with Gasteiger partial charge in [0.05, 0.1) is 27.9 Å². The molecular formula is C29H36N4O5S. The number of amides is 1. The second-order valence-corrected chi connectivity index (χ2v) is 11.7. The summed E-state index contributed by atoms with van der Waals surface area (Å²) in [5.41, 5.74) is 1.61. The van der Waals surface area contributed by atoms with E-state index in [-0.39, 0.29) is 35.5 Å². The Morgan fingerprint density at radius 3 is 2.49 bits per heavy atom. The van der Waals surface area contributed by atoms with E-state index in [1.54, 1.807) is 61.7 Å². The lowest BCUT2D eigenvalue weighted by Crippen LogP contribution is -2.46. The summed E-state index contributed by atoms with van der Waals surface area (Å²) < 4.78 is 40.5. The highest BCUT2D eigenvalue weighted by Gasteiger charge is 2.29. The van der Waals surface area contributed by atoms with Crippen molar-refractivity contribution in [2.75, 3.05) is 38.6 Å². The zero-order valence-electron chi connectivity index (χ0n) is 22.8. The summed E-state index contributed by atoms with van der Waals surface area (Å²) in [6, 6.07) is 18.7. The molecule has 1 N–H and O–H groups in total. The van der Waals surface area contributed by atoms with E-state index in [0.717, 1.165) is 5.69 Å². The Hall–Kier alpha value is -3.47. The molecule has 3 aromatic rings. The molecule has 0 unspecified atom stereocenters. The standard InChI is InChI=1S/C29H36N4O5S/c1-21-17-33(18-24-10-8-9-15-30-24)22(2)20-38-27-16-23(31-39(35,36)25-11-6-5-7-12-25)13-14-26(27)29(34)32(3)19-28(21)37-4/h5-16,21-22,28,31H,17-20H2,1-4H3/t21-,22-,28-/m1/s1. The Morgan fingerprint density at radius 2 is 1.79 bits per heavy atom. The SMILES string of the molecule is CO[C@@H]1CN(C)C(=O)c2ccc(NS(=O)(=O)c3ccccc3)cc2OC[C@@H](C)N(Cc2ccccn2)C[C@H]1C. The molecule has 0 spiro atoms. The van der Waals surface area contributed by atoms with Gasteiger partial charge in [0.2, 0.25) is 0 Å². The van der Waals surface area contributed by atoms with Gasteiger partial charge in [0.25, 0.3) is 15.9 Å². The summed E-state index contributed by atoms with van der Waals surface area (Å²) in [5, 5.41) is 0. The lowest BCUT2D eigenvalue weighted by atomic mass is 10.0. The van der Waals surface area contributed by atoms with Gasteiger partial charge >= 0.3 is 0 Å². The number of rotatable bonds is 6. The van der Waals surface area contributed by atoms with Crippen LogP contribution in [0.3, 0.4) is 0 Å². The smallest absolute Gasteiger partial charge is 0.261 e. The molecule has 3 atom stereocenters. The van der Waals surface area contributed by atoms with Gasteiger partial charge in [-0.15, -0.1) is 0 Å². The maximum Gasteiger partial charge on any atom is 0.261 e. The Bertz CT molecular complexity index is 1350. The number of methoxy groups -OCH3 is 1. The number of nitrogens with one attached hydrogen (secondary N) is 1. The summed E-state index contributed by atoms with van der Waals surface area (Å²) in [4.78, 5) is 22.0. The third kappa shape index (κ3) is 7.14. The van der Waals surface area contributed by atoms with Crippen LogP contribution in [0.5, 0.6) is 5.75 Å². The largest absolute Gasteiger partial charge is 0.491 e. The van der Waals surface area contributed by atoms with Crippen LogP contribution >= 0.6 is 0 Å². The van der Waals surface area contributed by atoms with Gasteiger partial charge in [-0.1, -0.05) is 31.2 Å². The number of carbonyl (C=O) groups excluding carboxylic acids is 1. The molecule has 39 heavy (non-hydrogen) atoms. The molecular weight excluding hydrogens is 516 g/mol. The predicted octanol–water partition coefficient (Wildman–Crippen LogP) is 3.89.